The molecule has 0 heterocycles. The molecule has 5 rings (SSSR count). The lowest BCUT2D eigenvalue weighted by atomic mass is 9.33. The van der Waals surface area contributed by atoms with E-state index in [4.69, 9.17) is 4.74 Å². The molecule has 190 valence electrons. The van der Waals surface area contributed by atoms with E-state index in [2.05, 4.69) is 34.6 Å². The number of carbonyl (C=O) groups is 3. The van der Waals surface area contributed by atoms with Gasteiger partial charge in [0.05, 0.1) is 12.5 Å². The maximum Gasteiger partial charge on any atom is 0.311 e. The zero-order valence-electron chi connectivity index (χ0n) is 22.3. The number of aliphatic hydroxyl groups is 1. The molecule has 8 atom stereocenters. The van der Waals surface area contributed by atoms with Gasteiger partial charge in [0.1, 0.15) is 0 Å². The third kappa shape index (κ3) is 2.96. The molecule has 5 aliphatic carbocycles. The highest BCUT2D eigenvalue weighted by atomic mass is 16.5. The van der Waals surface area contributed by atoms with Crippen molar-refractivity contribution in [1.29, 1.82) is 0 Å². The summed E-state index contributed by atoms with van der Waals surface area (Å²) in [5.41, 5.74) is 0.849. The minimum Gasteiger partial charge on any atom is -0.504 e. The van der Waals surface area contributed by atoms with E-state index in [0.29, 0.717) is 23.3 Å². The van der Waals surface area contributed by atoms with Crippen LogP contribution >= 0.6 is 0 Å². The Kier molecular flexibility index (Phi) is 5.20. The van der Waals surface area contributed by atoms with E-state index < -0.39 is 10.8 Å². The van der Waals surface area contributed by atoms with Crippen LogP contribution in [0.5, 0.6) is 0 Å². The van der Waals surface area contributed by atoms with Crippen molar-refractivity contribution in [3.8, 4) is 0 Å². The van der Waals surface area contributed by atoms with Gasteiger partial charge in [-0.2, -0.15) is 0 Å². The Balaban J connectivity index is 1.63. The summed E-state index contributed by atoms with van der Waals surface area (Å²) in [4.78, 5) is 39.5. The highest BCUT2D eigenvalue weighted by Crippen LogP contribution is 2.74. The topological polar surface area (TPSA) is 80.7 Å². The van der Waals surface area contributed by atoms with Crippen LogP contribution in [0.15, 0.2) is 34.6 Å². The minimum atomic E-state index is -0.487. The van der Waals surface area contributed by atoms with Gasteiger partial charge in [0.25, 0.3) is 0 Å². The number of esters is 1. The predicted molar refractivity (Wildman–Crippen MR) is 133 cm³/mol. The second-order valence-electron chi connectivity index (χ2n) is 13.3. The molecule has 0 aromatic rings. The molecule has 0 aromatic carbocycles. The van der Waals surface area contributed by atoms with Crippen molar-refractivity contribution >= 4 is 17.5 Å². The van der Waals surface area contributed by atoms with Crippen LogP contribution in [0.25, 0.3) is 0 Å². The van der Waals surface area contributed by atoms with Crippen molar-refractivity contribution < 1.29 is 24.2 Å². The Morgan fingerprint density at radius 2 is 1.71 bits per heavy atom. The average molecular weight is 481 g/mol. The number of hydrogen-bond acceptors (Lipinski definition) is 5. The van der Waals surface area contributed by atoms with E-state index in [-0.39, 0.29) is 40.0 Å². The highest BCUT2D eigenvalue weighted by molar-refractivity contribution is 6.09. The molecule has 1 N–H and O–H groups in total. The monoisotopic (exact) mass is 480 g/mol. The van der Waals surface area contributed by atoms with E-state index in [1.54, 1.807) is 19.1 Å². The summed E-state index contributed by atoms with van der Waals surface area (Å²) in [6.45, 7) is 13.0. The lowest BCUT2D eigenvalue weighted by Gasteiger charge is -2.70. The Hall–Kier alpha value is -2.17. The van der Waals surface area contributed by atoms with Gasteiger partial charge in [0.15, 0.2) is 11.5 Å². The molecule has 0 aliphatic heterocycles. The molecule has 8 unspecified atom stereocenters. The zero-order chi connectivity index (χ0) is 25.7. The molecule has 0 bridgehead atoms. The zero-order valence-corrected chi connectivity index (χ0v) is 22.3. The van der Waals surface area contributed by atoms with Crippen LogP contribution in [0.1, 0.15) is 80.1 Å². The number of hydrogen-bond donors (Lipinski definition) is 1. The normalized spacial score (nSPS) is 47.1. The van der Waals surface area contributed by atoms with Crippen molar-refractivity contribution in [3.63, 3.8) is 0 Å². The van der Waals surface area contributed by atoms with Crippen LogP contribution in [0.3, 0.4) is 0 Å². The number of aliphatic hydroxyl groups excluding tert-OH is 1. The standard InChI is InChI=1S/C30H40O5/c1-16-14-30(6)25-23(32)12-19-17(2)24(33)22(31)13-20(19)28(25,4)10-11-29(30,5)21-15-27(3,26(34)35-7)9-8-18(16)21/h12-13,16,18,21,25,33H,8-11,14-15H2,1-7H3. The smallest absolute Gasteiger partial charge is 0.311 e. The molecular weight excluding hydrogens is 440 g/mol. The first-order chi connectivity index (χ1) is 16.2. The number of fused-ring (bicyclic) bond motifs is 7. The van der Waals surface area contributed by atoms with Crippen molar-refractivity contribution in [1.82, 2.24) is 0 Å². The van der Waals surface area contributed by atoms with Gasteiger partial charge in [-0.15, -0.1) is 0 Å². The molecule has 0 saturated heterocycles. The fourth-order valence-corrected chi connectivity index (χ4v) is 9.59. The Morgan fingerprint density at radius 3 is 2.37 bits per heavy atom. The molecule has 5 nitrogen and oxygen atoms in total. The van der Waals surface area contributed by atoms with Gasteiger partial charge < -0.3 is 9.84 Å². The number of ether oxygens (including phenoxy) is 1. The first-order valence-electron chi connectivity index (χ1n) is 13.2. The third-order valence-corrected chi connectivity index (χ3v) is 11.7. The number of methoxy groups -OCH3 is 1. The summed E-state index contributed by atoms with van der Waals surface area (Å²) >= 11 is 0. The van der Waals surface area contributed by atoms with Crippen LogP contribution in [0.4, 0.5) is 0 Å². The molecular formula is C30H40O5. The molecule has 0 aromatic heterocycles. The van der Waals surface area contributed by atoms with Gasteiger partial charge in [0.2, 0.25) is 5.78 Å². The maximum atomic E-state index is 14.0. The van der Waals surface area contributed by atoms with Crippen LogP contribution < -0.4 is 0 Å². The number of ketones is 2. The predicted octanol–water partition coefficient (Wildman–Crippen LogP) is 5.90. The molecule has 35 heavy (non-hydrogen) atoms. The Labute approximate surface area is 209 Å². The SMILES string of the molecule is COC(=O)C1(C)CCC2C(C)CC3(C)C4C(=O)C=C5C(=CC(=O)C(O)=C5C)C4(C)CCC3(C)C2C1. The van der Waals surface area contributed by atoms with Crippen LogP contribution in [-0.2, 0) is 19.1 Å². The van der Waals surface area contributed by atoms with Crippen molar-refractivity contribution in [3.05, 3.63) is 34.6 Å². The maximum absolute atomic E-state index is 14.0. The third-order valence-electron chi connectivity index (χ3n) is 11.7. The lowest BCUT2D eigenvalue weighted by Crippen LogP contribution is -2.65. The van der Waals surface area contributed by atoms with E-state index in [0.717, 1.165) is 49.7 Å². The number of allylic oxidation sites excluding steroid dienone is 5. The molecule has 0 amide bonds. The van der Waals surface area contributed by atoms with Crippen LogP contribution in [0, 0.1) is 45.3 Å². The first-order valence-corrected chi connectivity index (χ1v) is 13.2. The number of carbonyl (C=O) groups excluding carboxylic acids is 3. The van der Waals surface area contributed by atoms with Crippen LogP contribution in [0.2, 0.25) is 0 Å². The fraction of sp³-hybridized carbons (Fsp3) is 0.700. The van der Waals surface area contributed by atoms with E-state index in [1.807, 2.05) is 0 Å². The van der Waals surface area contributed by atoms with Crippen molar-refractivity contribution in [2.24, 2.45) is 45.3 Å². The second kappa shape index (κ2) is 7.43. The molecule has 5 heteroatoms. The summed E-state index contributed by atoms with van der Waals surface area (Å²) in [6.07, 6.45) is 8.69. The summed E-state index contributed by atoms with van der Waals surface area (Å²) < 4.78 is 5.24. The molecule has 0 radical (unpaired) electrons. The second-order valence-corrected chi connectivity index (χ2v) is 13.3. The van der Waals surface area contributed by atoms with E-state index in [9.17, 15) is 19.5 Å². The van der Waals surface area contributed by atoms with Gasteiger partial charge in [-0.3, -0.25) is 14.4 Å². The van der Waals surface area contributed by atoms with E-state index >= 15 is 0 Å². The molecule has 5 aliphatic rings. The average Bonchev–Trinajstić information content (AvgIpc) is 2.80. The summed E-state index contributed by atoms with van der Waals surface area (Å²) in [5.74, 6) is 0.483. The van der Waals surface area contributed by atoms with E-state index in [1.165, 1.54) is 7.11 Å². The summed E-state index contributed by atoms with van der Waals surface area (Å²) in [6, 6.07) is 0. The lowest BCUT2D eigenvalue weighted by molar-refractivity contribution is -0.208. The molecule has 0 spiro atoms. The van der Waals surface area contributed by atoms with Gasteiger partial charge in [-0.25, -0.2) is 0 Å². The Morgan fingerprint density at radius 1 is 1.03 bits per heavy atom. The molecule has 3 fully saturated rings. The van der Waals surface area contributed by atoms with Crippen molar-refractivity contribution in [2.45, 2.75) is 80.1 Å². The summed E-state index contributed by atoms with van der Waals surface area (Å²) in [5, 5.41) is 10.3. The largest absolute Gasteiger partial charge is 0.504 e. The summed E-state index contributed by atoms with van der Waals surface area (Å²) in [7, 11) is 1.49. The first kappa shape index (κ1) is 24.5. The molecule has 3 saturated carbocycles. The minimum absolute atomic E-state index is 0.0999. The van der Waals surface area contributed by atoms with Gasteiger partial charge in [0, 0.05) is 16.9 Å². The van der Waals surface area contributed by atoms with Gasteiger partial charge in [-0.05, 0) is 104 Å². The van der Waals surface area contributed by atoms with Crippen LogP contribution in [-0.4, -0.2) is 29.8 Å². The highest BCUT2D eigenvalue weighted by Gasteiger charge is 2.69. The number of rotatable bonds is 1. The van der Waals surface area contributed by atoms with Gasteiger partial charge >= 0.3 is 5.97 Å². The Bertz CT molecular complexity index is 1130. The van der Waals surface area contributed by atoms with Crippen molar-refractivity contribution in [2.75, 3.05) is 7.11 Å². The van der Waals surface area contributed by atoms with Gasteiger partial charge in [-0.1, -0.05) is 27.7 Å². The fourth-order valence-electron chi connectivity index (χ4n) is 9.59. The quantitative estimate of drug-likeness (QED) is 0.473.